The number of benzene rings is 2. The zero-order chi connectivity index (χ0) is 17.7. The van der Waals surface area contributed by atoms with Gasteiger partial charge >= 0.3 is 0 Å². The summed E-state index contributed by atoms with van der Waals surface area (Å²) in [6.07, 6.45) is 0.699. The predicted octanol–water partition coefficient (Wildman–Crippen LogP) is 3.11. The van der Waals surface area contributed by atoms with Crippen LogP contribution in [0.5, 0.6) is 0 Å². The Morgan fingerprint density at radius 2 is 1.84 bits per heavy atom. The predicted molar refractivity (Wildman–Crippen MR) is 98.3 cm³/mol. The van der Waals surface area contributed by atoms with Crippen LogP contribution in [0.25, 0.3) is 0 Å². The number of aliphatic hydroxyl groups is 1. The standard InChI is InChI=1S/C21H27NO3/c1-22-13-12-21(23,20(14-22)17-8-4-3-5-9-17)19-11-7-6-10-18(19)15-25-16-24-2/h3-11,20,23H,12-16H2,1-2H3/t20-,21-/m1/s1. The topological polar surface area (TPSA) is 41.9 Å². The van der Waals surface area contributed by atoms with Crippen molar-refractivity contribution in [2.24, 2.45) is 0 Å². The molecule has 1 aliphatic heterocycles. The van der Waals surface area contributed by atoms with Gasteiger partial charge in [-0.2, -0.15) is 0 Å². The number of piperidine rings is 1. The zero-order valence-corrected chi connectivity index (χ0v) is 15.0. The van der Waals surface area contributed by atoms with Gasteiger partial charge in [-0.05, 0) is 30.2 Å². The summed E-state index contributed by atoms with van der Waals surface area (Å²) in [6, 6.07) is 18.4. The highest BCUT2D eigenvalue weighted by Gasteiger charge is 2.43. The van der Waals surface area contributed by atoms with E-state index in [-0.39, 0.29) is 12.7 Å². The molecule has 1 fully saturated rings. The van der Waals surface area contributed by atoms with Gasteiger partial charge in [-0.1, -0.05) is 54.6 Å². The van der Waals surface area contributed by atoms with Crippen molar-refractivity contribution in [3.63, 3.8) is 0 Å². The Morgan fingerprint density at radius 3 is 2.60 bits per heavy atom. The summed E-state index contributed by atoms with van der Waals surface area (Å²) in [6.45, 7) is 2.38. The monoisotopic (exact) mass is 341 g/mol. The van der Waals surface area contributed by atoms with Crippen LogP contribution in [-0.2, 0) is 21.7 Å². The highest BCUT2D eigenvalue weighted by Crippen LogP contribution is 2.44. The molecule has 0 aliphatic carbocycles. The fourth-order valence-electron chi connectivity index (χ4n) is 3.78. The molecule has 1 N–H and O–H groups in total. The first kappa shape index (κ1) is 18.1. The van der Waals surface area contributed by atoms with Gasteiger partial charge in [0.25, 0.3) is 0 Å². The Labute approximate surface area is 150 Å². The van der Waals surface area contributed by atoms with Crippen molar-refractivity contribution in [1.82, 2.24) is 4.90 Å². The van der Waals surface area contributed by atoms with Crippen molar-refractivity contribution in [3.8, 4) is 0 Å². The van der Waals surface area contributed by atoms with E-state index in [1.165, 1.54) is 5.56 Å². The van der Waals surface area contributed by atoms with Crippen molar-refractivity contribution in [2.75, 3.05) is 34.0 Å². The highest BCUT2D eigenvalue weighted by atomic mass is 16.7. The molecule has 1 saturated heterocycles. The summed E-state index contributed by atoms with van der Waals surface area (Å²) in [5.41, 5.74) is 2.26. The number of methoxy groups -OCH3 is 1. The van der Waals surface area contributed by atoms with Crippen LogP contribution >= 0.6 is 0 Å². The minimum atomic E-state index is -0.902. The molecule has 0 saturated carbocycles. The second-order valence-corrected chi connectivity index (χ2v) is 6.81. The second kappa shape index (κ2) is 8.11. The van der Waals surface area contributed by atoms with Crippen LogP contribution < -0.4 is 0 Å². The molecule has 134 valence electrons. The van der Waals surface area contributed by atoms with Gasteiger partial charge in [0.15, 0.2) is 0 Å². The summed E-state index contributed by atoms with van der Waals surface area (Å²) in [4.78, 5) is 2.29. The molecule has 0 radical (unpaired) electrons. The number of likely N-dealkylation sites (tertiary alicyclic amines) is 1. The molecule has 0 aromatic heterocycles. The third-order valence-corrected chi connectivity index (χ3v) is 5.09. The van der Waals surface area contributed by atoms with E-state index in [4.69, 9.17) is 9.47 Å². The van der Waals surface area contributed by atoms with Gasteiger partial charge in [-0.25, -0.2) is 0 Å². The molecule has 2 aromatic rings. The van der Waals surface area contributed by atoms with Gasteiger partial charge in [-0.3, -0.25) is 0 Å². The van der Waals surface area contributed by atoms with Crippen LogP contribution in [0, 0.1) is 0 Å². The van der Waals surface area contributed by atoms with E-state index in [1.54, 1.807) is 7.11 Å². The van der Waals surface area contributed by atoms with E-state index in [0.717, 1.165) is 24.2 Å². The van der Waals surface area contributed by atoms with E-state index in [1.807, 2.05) is 42.5 Å². The molecule has 0 unspecified atom stereocenters. The Kier molecular flexibility index (Phi) is 5.86. The largest absolute Gasteiger partial charge is 0.384 e. The van der Waals surface area contributed by atoms with Crippen molar-refractivity contribution >= 4 is 0 Å². The van der Waals surface area contributed by atoms with E-state index < -0.39 is 5.60 Å². The molecule has 25 heavy (non-hydrogen) atoms. The third-order valence-electron chi connectivity index (χ3n) is 5.09. The summed E-state index contributed by atoms with van der Waals surface area (Å²) in [7, 11) is 3.73. The lowest BCUT2D eigenvalue weighted by Gasteiger charge is -2.45. The first-order valence-electron chi connectivity index (χ1n) is 8.76. The van der Waals surface area contributed by atoms with Gasteiger partial charge in [0.1, 0.15) is 6.79 Å². The molecule has 1 heterocycles. The Balaban J connectivity index is 1.97. The van der Waals surface area contributed by atoms with Crippen molar-refractivity contribution in [3.05, 3.63) is 71.3 Å². The van der Waals surface area contributed by atoms with Crippen LogP contribution in [0.1, 0.15) is 29.0 Å². The molecule has 1 aliphatic rings. The number of ether oxygens (including phenoxy) is 2. The Morgan fingerprint density at radius 1 is 1.12 bits per heavy atom. The molecule has 0 amide bonds. The zero-order valence-electron chi connectivity index (χ0n) is 15.0. The minimum Gasteiger partial charge on any atom is -0.384 e. The summed E-state index contributed by atoms with van der Waals surface area (Å²) >= 11 is 0. The molecule has 2 aromatic carbocycles. The minimum absolute atomic E-state index is 0.0241. The number of nitrogens with zero attached hydrogens (tertiary/aromatic N) is 1. The fourth-order valence-corrected chi connectivity index (χ4v) is 3.78. The number of hydrogen-bond donors (Lipinski definition) is 1. The first-order chi connectivity index (χ1) is 12.1. The van der Waals surface area contributed by atoms with Crippen molar-refractivity contribution in [1.29, 1.82) is 0 Å². The maximum absolute atomic E-state index is 11.8. The molecule has 4 nitrogen and oxygen atoms in total. The number of hydrogen-bond acceptors (Lipinski definition) is 4. The summed E-state index contributed by atoms with van der Waals surface area (Å²) < 4.78 is 10.6. The maximum Gasteiger partial charge on any atom is 0.146 e. The lowest BCUT2D eigenvalue weighted by atomic mass is 9.71. The molecular weight excluding hydrogens is 314 g/mol. The van der Waals surface area contributed by atoms with Crippen molar-refractivity contribution < 1.29 is 14.6 Å². The summed E-state index contributed by atoms with van der Waals surface area (Å²) in [5, 5.41) is 11.8. The van der Waals surface area contributed by atoms with Crippen LogP contribution in [-0.4, -0.2) is 44.0 Å². The van der Waals surface area contributed by atoms with Crippen molar-refractivity contribution in [2.45, 2.75) is 24.5 Å². The number of likely N-dealkylation sites (N-methyl/N-ethyl adjacent to an activating group) is 1. The SMILES string of the molecule is COCOCc1ccccc1[C@]1(O)CCN(C)C[C@@H]1c1ccccc1. The van der Waals surface area contributed by atoms with Crippen LogP contribution in [0.3, 0.4) is 0 Å². The van der Waals surface area contributed by atoms with E-state index in [2.05, 4.69) is 24.1 Å². The molecule has 0 spiro atoms. The molecule has 2 atom stereocenters. The average molecular weight is 341 g/mol. The highest BCUT2D eigenvalue weighted by molar-refractivity contribution is 5.38. The smallest absolute Gasteiger partial charge is 0.146 e. The van der Waals surface area contributed by atoms with E-state index >= 15 is 0 Å². The van der Waals surface area contributed by atoms with Gasteiger partial charge < -0.3 is 19.5 Å². The third kappa shape index (κ3) is 3.93. The van der Waals surface area contributed by atoms with Crippen LogP contribution in [0.15, 0.2) is 54.6 Å². The average Bonchev–Trinajstić information content (AvgIpc) is 2.65. The van der Waals surface area contributed by atoms with Crippen LogP contribution in [0.2, 0.25) is 0 Å². The molecular formula is C21H27NO3. The molecule has 3 rings (SSSR count). The number of rotatable bonds is 6. The van der Waals surface area contributed by atoms with Gasteiger partial charge in [-0.15, -0.1) is 0 Å². The van der Waals surface area contributed by atoms with Crippen LogP contribution in [0.4, 0.5) is 0 Å². The normalized spacial score (nSPS) is 24.4. The fraction of sp³-hybridized carbons (Fsp3) is 0.429. The molecule has 0 bridgehead atoms. The second-order valence-electron chi connectivity index (χ2n) is 6.81. The summed E-state index contributed by atoms with van der Waals surface area (Å²) in [5.74, 6) is 0.0241. The Hall–Kier alpha value is -1.72. The van der Waals surface area contributed by atoms with E-state index in [9.17, 15) is 5.11 Å². The lowest BCUT2D eigenvalue weighted by Crippen LogP contribution is -2.47. The van der Waals surface area contributed by atoms with E-state index in [0.29, 0.717) is 13.0 Å². The molecule has 4 heteroatoms. The first-order valence-corrected chi connectivity index (χ1v) is 8.76. The Bertz CT molecular complexity index is 676. The van der Waals surface area contributed by atoms with Gasteiger partial charge in [0, 0.05) is 26.1 Å². The van der Waals surface area contributed by atoms with Gasteiger partial charge in [0.2, 0.25) is 0 Å². The quantitative estimate of drug-likeness (QED) is 0.647. The maximum atomic E-state index is 11.8. The van der Waals surface area contributed by atoms with Gasteiger partial charge in [0.05, 0.1) is 12.2 Å². The lowest BCUT2D eigenvalue weighted by molar-refractivity contribution is -0.0523.